The molecular weight excluding hydrogens is 1510 g/mol. The normalized spacial score (nSPS) is 11.9. The lowest BCUT2D eigenvalue weighted by atomic mass is 9.92. The lowest BCUT2D eigenvalue weighted by Gasteiger charge is -2.15. The van der Waals surface area contributed by atoms with Gasteiger partial charge in [0.1, 0.15) is 52.6 Å². The van der Waals surface area contributed by atoms with Gasteiger partial charge in [-0.1, -0.05) is 138 Å². The number of carboxylic acid groups (broad SMARTS) is 5. The highest BCUT2D eigenvalue weighted by atomic mass is 16.4. The van der Waals surface area contributed by atoms with Crippen molar-refractivity contribution < 1.29 is 126 Å². The predicted octanol–water partition coefficient (Wildman–Crippen LogP) is 9.53. The molecule has 0 aromatic carbocycles. The molecule has 0 aromatic heterocycles. The molecule has 12 N–H and O–H groups in total. The van der Waals surface area contributed by atoms with Gasteiger partial charge in [0.25, 0.3) is 0 Å². The average Bonchev–Trinajstić information content (AvgIpc) is 0.943. The molecule has 116 heavy (non-hydrogen) atoms. The van der Waals surface area contributed by atoms with E-state index in [0.717, 1.165) is 26.2 Å². The Morgan fingerprint density at radius 1 is 0.276 bits per heavy atom. The third-order valence-corrected chi connectivity index (χ3v) is 15.2. The molecular formula is C83H151N7O26. The van der Waals surface area contributed by atoms with Crippen LogP contribution >= 0.6 is 0 Å². The third-order valence-electron chi connectivity index (χ3n) is 15.2. The zero-order valence-electron chi connectivity index (χ0n) is 74.4. The number of carboxylic acids is 5. The summed E-state index contributed by atoms with van der Waals surface area (Å²) in [6.07, 6.45) is 6.67. The number of ketones is 9. The van der Waals surface area contributed by atoms with Gasteiger partial charge in [-0.25, -0.2) is 14.4 Å². The summed E-state index contributed by atoms with van der Waals surface area (Å²) in [6, 6.07) is -3.76. The molecule has 0 fully saturated rings. The monoisotopic (exact) mass is 1660 g/mol. The Morgan fingerprint density at radius 3 is 0.905 bits per heavy atom. The van der Waals surface area contributed by atoms with E-state index in [1.54, 1.807) is 90.0 Å². The summed E-state index contributed by atoms with van der Waals surface area (Å²) >= 11 is 0. The van der Waals surface area contributed by atoms with Gasteiger partial charge >= 0.3 is 29.8 Å². The molecule has 0 heterocycles. The number of amides is 7. The zero-order chi connectivity index (χ0) is 92.6. The van der Waals surface area contributed by atoms with Crippen LogP contribution in [-0.2, 0) is 101 Å². The van der Waals surface area contributed by atoms with Gasteiger partial charge in [-0.3, -0.25) is 62.3 Å². The van der Waals surface area contributed by atoms with Crippen LogP contribution in [0.5, 0.6) is 0 Å². The van der Waals surface area contributed by atoms with Gasteiger partial charge in [0.05, 0.1) is 24.4 Å². The van der Waals surface area contributed by atoms with Crippen LogP contribution in [0.1, 0.15) is 298 Å². The second-order valence-electron chi connectivity index (χ2n) is 31.1. The highest BCUT2D eigenvalue weighted by Crippen LogP contribution is 2.19. The summed E-state index contributed by atoms with van der Waals surface area (Å²) in [5.74, 6) is -7.57. The number of carbonyl (C=O) groups excluding carboxylic acids is 16. The van der Waals surface area contributed by atoms with Gasteiger partial charge in [-0.2, -0.15) is 0 Å². The fourth-order valence-corrected chi connectivity index (χ4v) is 7.56. The van der Waals surface area contributed by atoms with E-state index in [1.165, 1.54) is 41.5 Å². The molecule has 0 spiro atoms. The Balaban J connectivity index is -0.000000136. The summed E-state index contributed by atoms with van der Waals surface area (Å²) in [5.41, 5.74) is 0. The molecule has 674 valence electrons. The van der Waals surface area contributed by atoms with Crippen LogP contribution in [0.3, 0.4) is 0 Å². The van der Waals surface area contributed by atoms with Crippen LogP contribution in [0, 0.1) is 65.1 Å². The van der Waals surface area contributed by atoms with Gasteiger partial charge in [0.2, 0.25) is 41.4 Å². The maximum atomic E-state index is 11.2. The Morgan fingerprint density at radius 2 is 0.603 bits per heavy atom. The Labute approximate surface area is 690 Å². The maximum Gasteiger partial charge on any atom is 0.334 e. The molecule has 7 amide bonds. The summed E-state index contributed by atoms with van der Waals surface area (Å²) in [7, 11) is 0. The quantitative estimate of drug-likeness (QED) is 0.0199. The number of hydrogen-bond donors (Lipinski definition) is 12. The molecule has 33 nitrogen and oxygen atoms in total. The van der Waals surface area contributed by atoms with Crippen LogP contribution < -0.4 is 37.2 Å². The second-order valence-corrected chi connectivity index (χ2v) is 31.1. The van der Waals surface area contributed by atoms with E-state index in [9.17, 15) is 101 Å². The van der Waals surface area contributed by atoms with E-state index in [-0.39, 0.29) is 180 Å². The van der Waals surface area contributed by atoms with Crippen LogP contribution in [0.4, 0.5) is 0 Å². The van der Waals surface area contributed by atoms with E-state index in [4.69, 9.17) is 25.5 Å². The van der Waals surface area contributed by atoms with Crippen LogP contribution in [0.25, 0.3) is 0 Å². The van der Waals surface area contributed by atoms with Crippen molar-refractivity contribution in [3.05, 3.63) is 0 Å². The summed E-state index contributed by atoms with van der Waals surface area (Å²) in [5, 5.41) is 61.2. The number of carbonyl (C=O) groups is 21. The van der Waals surface area contributed by atoms with E-state index >= 15 is 0 Å². The first kappa shape index (κ1) is 127. The Hall–Kier alpha value is -9.33. The molecule has 0 rings (SSSR count). The number of nitrogens with one attached hydrogen (secondary N) is 7. The lowest BCUT2D eigenvalue weighted by Crippen LogP contribution is -2.46. The van der Waals surface area contributed by atoms with Crippen molar-refractivity contribution in [2.24, 2.45) is 65.1 Å². The first-order valence-corrected chi connectivity index (χ1v) is 39.0. The molecule has 0 saturated heterocycles. The molecule has 7 atom stereocenters. The minimum absolute atomic E-state index is 0. The molecule has 0 bridgehead atoms. The number of hydrogen-bond acceptors (Lipinski definition) is 21. The molecule has 0 aliphatic rings. The summed E-state index contributed by atoms with van der Waals surface area (Å²) in [6.45, 7) is 49.8. The molecule has 33 heteroatoms. The maximum absolute atomic E-state index is 11.2. The summed E-state index contributed by atoms with van der Waals surface area (Å²) < 4.78 is 0. The minimum atomic E-state index is -1.42. The first-order chi connectivity index (χ1) is 52.4. The molecule has 0 aliphatic carbocycles. The highest BCUT2D eigenvalue weighted by Gasteiger charge is 2.27. The van der Waals surface area contributed by atoms with E-state index < -0.39 is 59.7 Å². The summed E-state index contributed by atoms with van der Waals surface area (Å²) in [4.78, 5) is 227. The first-order valence-electron chi connectivity index (χ1n) is 39.0. The zero-order valence-corrected chi connectivity index (χ0v) is 74.4. The van der Waals surface area contributed by atoms with Crippen molar-refractivity contribution in [2.45, 2.75) is 328 Å². The molecule has 0 aliphatic heterocycles. The predicted molar refractivity (Wildman–Crippen MR) is 443 cm³/mol. The fraction of sp³-hybridized carbons (Fsp3) is 0.747. The van der Waals surface area contributed by atoms with Crippen molar-refractivity contribution in [1.29, 1.82) is 0 Å². The topological polar surface area (TPSA) is 544 Å². The standard InChI is InChI=1S/C11H20O3.C10H17NO4.C10H19NO2.C10H18O3.C9H15NO4.C9H17NO2.C8H13NO4.C8H15NO2.C7H13NO2.CH4/c1-8(2)4-6-10(11(13)14)7-5-9(3)12;1-6(2)9(13)11-8(10(14)15)5-4-7(3)12;1-7(2)10(13)11-8(3)5-6-9(4)12;1-7(2)6-9(10(12)13)5-4-8(3)11;1-5(2)8(12)10-7(9(13)14)4-6(3)11;1-7(2)9(12)10-6-4-5-8(3)11;1-4(2)7(11)9-6(5(3)10)8(12)13;1-5(2)8(11)9-6(3)7(4)10;1-5(2)7(10)8-4-6(3)9;/h8,10H,4-7H2,1-3H3,(H,13,14);6,8H,4-5H2,1-3H3,(H,11,13)(H,14,15);7-8H,5-6H2,1-4H3,(H,11,13);7,9H,4-6H2,1-3H3,(H,12,13);5,7H,4H2,1-3H3,(H,10,12)(H,13,14);7H,4-6H2,1-3H3,(H,10,12);4,6H,1-3H3,(H,9,11)(H,12,13);5-6H,1-4H3,(H,9,11);5H,4H2,1-3H3,(H,8,10);1H4. The molecule has 0 saturated carbocycles. The number of rotatable bonds is 44. The van der Waals surface area contributed by atoms with Crippen molar-refractivity contribution in [2.75, 3.05) is 13.1 Å². The molecule has 0 radical (unpaired) electrons. The van der Waals surface area contributed by atoms with Gasteiger partial charge in [0.15, 0.2) is 17.6 Å². The lowest BCUT2D eigenvalue weighted by molar-refractivity contribution is -0.146. The second kappa shape index (κ2) is 74.5. The Kier molecular flexibility index (Phi) is 81.8. The van der Waals surface area contributed by atoms with Crippen molar-refractivity contribution >= 4 is 123 Å². The largest absolute Gasteiger partial charge is 0.481 e. The van der Waals surface area contributed by atoms with Crippen LogP contribution in [0.15, 0.2) is 0 Å². The Bertz CT molecular complexity index is 3010. The van der Waals surface area contributed by atoms with Crippen molar-refractivity contribution in [3.63, 3.8) is 0 Å². The van der Waals surface area contributed by atoms with Crippen molar-refractivity contribution in [1.82, 2.24) is 37.2 Å². The van der Waals surface area contributed by atoms with Gasteiger partial charge in [0, 0.05) is 92.5 Å². The van der Waals surface area contributed by atoms with E-state index in [2.05, 4.69) is 51.1 Å². The van der Waals surface area contributed by atoms with Gasteiger partial charge < -0.3 is 86.7 Å². The van der Waals surface area contributed by atoms with Crippen LogP contribution in [0.2, 0.25) is 0 Å². The van der Waals surface area contributed by atoms with Crippen molar-refractivity contribution in [3.8, 4) is 0 Å². The third kappa shape index (κ3) is 90.2. The number of Topliss-reactive ketones (excluding diaryl/α,β-unsaturated/α-hetero) is 9. The van der Waals surface area contributed by atoms with Gasteiger partial charge in [-0.05, 0) is 133 Å². The van der Waals surface area contributed by atoms with E-state index in [1.807, 2.05) is 48.5 Å². The minimum Gasteiger partial charge on any atom is -0.481 e. The van der Waals surface area contributed by atoms with E-state index in [0.29, 0.717) is 69.7 Å². The molecule has 0 aromatic rings. The SMILES string of the molecule is C.CC(=O)C(C)NC(=O)C(C)C.CC(=O)C(NC(=O)C(C)C)C(=O)O.CC(=O)CC(NC(=O)C(C)C)C(=O)O.CC(=O)CCC(C)NC(=O)C(C)C.CC(=O)CCC(CC(C)C)C(=O)O.CC(=O)CCC(CCC(C)C)C(=O)O.CC(=O)CCC(NC(=O)C(C)C)C(=O)O.CC(=O)CCCNC(=O)C(C)C.CC(=O)CNC(=O)C(C)C. The van der Waals surface area contributed by atoms with Gasteiger partial charge in [-0.15, -0.1) is 0 Å². The number of aliphatic carboxylic acids is 5. The van der Waals surface area contributed by atoms with Crippen LogP contribution in [-0.4, -0.2) is 192 Å². The highest BCUT2D eigenvalue weighted by molar-refractivity contribution is 6.04. The fourth-order valence-electron chi connectivity index (χ4n) is 7.56. The molecule has 7 unspecified atom stereocenters. The smallest absolute Gasteiger partial charge is 0.334 e. The average molecular weight is 1660 g/mol.